The Hall–Kier alpha value is -3.42. The lowest BCUT2D eigenvalue weighted by Crippen LogP contribution is -2.15. The van der Waals surface area contributed by atoms with E-state index in [9.17, 15) is 10.4 Å². The third-order valence-corrected chi connectivity index (χ3v) is 4.74. The van der Waals surface area contributed by atoms with Crippen LogP contribution in [0.5, 0.6) is 0 Å². The van der Waals surface area contributed by atoms with Crippen molar-refractivity contribution in [2.24, 2.45) is 0 Å². The second kappa shape index (κ2) is 6.39. The van der Waals surface area contributed by atoms with Gasteiger partial charge in [-0.3, -0.25) is 4.57 Å². The van der Waals surface area contributed by atoms with E-state index in [4.69, 9.17) is 0 Å². The normalized spacial score (nSPS) is 11.5. The van der Waals surface area contributed by atoms with Gasteiger partial charge >= 0.3 is 0 Å². The lowest BCUT2D eigenvalue weighted by atomic mass is 9.98. The number of nitriles is 1. The summed E-state index contributed by atoms with van der Waals surface area (Å²) in [7, 11) is 0. The van der Waals surface area contributed by atoms with Gasteiger partial charge in [-0.25, -0.2) is 4.98 Å². The van der Waals surface area contributed by atoms with Crippen LogP contribution in [-0.4, -0.2) is 14.7 Å². The monoisotopic (exact) mass is 353 g/mol. The minimum Gasteiger partial charge on any atom is -0.386 e. The molecule has 0 radical (unpaired) electrons. The van der Waals surface area contributed by atoms with E-state index in [1.54, 1.807) is 20.2 Å². The largest absolute Gasteiger partial charge is 0.386 e. The standard InChI is InChI=1S/C23H19N3O/c1-23(2,27)18-10-11-22-21(13-18)25-15-26(22)19-8-5-7-16(12-19)20-9-4-3-6-17(20)14-24/h3-13,15,27H,1-2H3. The molecule has 0 amide bonds. The Morgan fingerprint density at radius 3 is 2.59 bits per heavy atom. The Morgan fingerprint density at radius 2 is 1.81 bits per heavy atom. The molecule has 3 aromatic carbocycles. The summed E-state index contributed by atoms with van der Waals surface area (Å²) in [6.45, 7) is 3.53. The molecule has 0 unspecified atom stereocenters. The van der Waals surface area contributed by atoms with E-state index in [-0.39, 0.29) is 0 Å². The number of aromatic nitrogens is 2. The smallest absolute Gasteiger partial charge is 0.100 e. The summed E-state index contributed by atoms with van der Waals surface area (Å²) >= 11 is 0. The molecule has 0 spiro atoms. The summed E-state index contributed by atoms with van der Waals surface area (Å²) in [5.74, 6) is 0. The molecule has 1 N–H and O–H groups in total. The molecule has 4 heteroatoms. The van der Waals surface area contributed by atoms with Gasteiger partial charge in [0.15, 0.2) is 0 Å². The van der Waals surface area contributed by atoms with Gasteiger partial charge in [0.25, 0.3) is 0 Å². The maximum atomic E-state index is 10.2. The molecule has 0 saturated heterocycles. The van der Waals surface area contributed by atoms with Gasteiger partial charge in [-0.15, -0.1) is 0 Å². The molecule has 27 heavy (non-hydrogen) atoms. The Morgan fingerprint density at radius 1 is 1.00 bits per heavy atom. The molecule has 4 nitrogen and oxygen atoms in total. The molecule has 0 saturated carbocycles. The predicted molar refractivity (Wildman–Crippen MR) is 106 cm³/mol. The van der Waals surface area contributed by atoms with E-state index in [2.05, 4.69) is 17.1 Å². The Labute approximate surface area is 158 Å². The number of hydrogen-bond donors (Lipinski definition) is 1. The average molecular weight is 353 g/mol. The zero-order valence-electron chi connectivity index (χ0n) is 15.2. The number of hydrogen-bond acceptors (Lipinski definition) is 3. The fraction of sp³-hybridized carbons (Fsp3) is 0.130. The first-order chi connectivity index (χ1) is 13.0. The lowest BCUT2D eigenvalue weighted by molar-refractivity contribution is 0.0787. The summed E-state index contributed by atoms with van der Waals surface area (Å²) in [6.07, 6.45) is 1.79. The number of imidazole rings is 1. The number of nitrogens with zero attached hydrogens (tertiary/aromatic N) is 3. The summed E-state index contributed by atoms with van der Waals surface area (Å²) in [5.41, 5.74) is 5.25. The third kappa shape index (κ3) is 3.10. The molecule has 0 atom stereocenters. The first-order valence-electron chi connectivity index (χ1n) is 8.77. The molecular weight excluding hydrogens is 334 g/mol. The molecule has 132 valence electrons. The summed E-state index contributed by atoms with van der Waals surface area (Å²) < 4.78 is 2.02. The zero-order chi connectivity index (χ0) is 19.0. The van der Waals surface area contributed by atoms with Crippen LogP contribution in [0.2, 0.25) is 0 Å². The maximum Gasteiger partial charge on any atom is 0.100 e. The van der Waals surface area contributed by atoms with Gasteiger partial charge in [0.2, 0.25) is 0 Å². The van der Waals surface area contributed by atoms with Crippen LogP contribution < -0.4 is 0 Å². The van der Waals surface area contributed by atoms with Crippen molar-refractivity contribution in [3.05, 3.63) is 84.2 Å². The topological polar surface area (TPSA) is 61.8 Å². The van der Waals surface area contributed by atoms with Crippen LogP contribution in [0.4, 0.5) is 0 Å². The number of benzene rings is 3. The van der Waals surface area contributed by atoms with Crippen LogP contribution >= 0.6 is 0 Å². The third-order valence-electron chi connectivity index (χ3n) is 4.74. The highest BCUT2D eigenvalue weighted by molar-refractivity contribution is 5.79. The van der Waals surface area contributed by atoms with Gasteiger partial charge in [0.1, 0.15) is 6.33 Å². The molecule has 1 heterocycles. The Balaban J connectivity index is 1.82. The van der Waals surface area contributed by atoms with Crippen LogP contribution in [0.3, 0.4) is 0 Å². The van der Waals surface area contributed by atoms with Crippen molar-refractivity contribution in [2.75, 3.05) is 0 Å². The van der Waals surface area contributed by atoms with Gasteiger partial charge in [-0.1, -0.05) is 36.4 Å². The Bertz CT molecular complexity index is 1180. The van der Waals surface area contributed by atoms with Gasteiger partial charge in [0, 0.05) is 5.69 Å². The van der Waals surface area contributed by atoms with E-state index >= 15 is 0 Å². The van der Waals surface area contributed by atoms with Gasteiger partial charge in [-0.05, 0) is 60.9 Å². The minimum atomic E-state index is -0.904. The molecule has 0 aliphatic heterocycles. The highest BCUT2D eigenvalue weighted by Gasteiger charge is 2.17. The van der Waals surface area contributed by atoms with Gasteiger partial charge in [0.05, 0.1) is 28.3 Å². The van der Waals surface area contributed by atoms with Crippen molar-refractivity contribution in [2.45, 2.75) is 19.4 Å². The molecule has 0 aliphatic carbocycles. The molecule has 4 rings (SSSR count). The van der Waals surface area contributed by atoms with E-state index in [0.29, 0.717) is 5.56 Å². The van der Waals surface area contributed by atoms with Crippen molar-refractivity contribution in [3.8, 4) is 22.9 Å². The number of aliphatic hydroxyl groups is 1. The molecule has 0 bridgehead atoms. The molecule has 0 aliphatic rings. The van der Waals surface area contributed by atoms with E-state index in [0.717, 1.165) is 33.4 Å². The van der Waals surface area contributed by atoms with Crippen LogP contribution in [0.15, 0.2) is 73.1 Å². The molecule has 1 aromatic heterocycles. The van der Waals surface area contributed by atoms with E-state index in [1.807, 2.05) is 65.2 Å². The second-order valence-electron chi connectivity index (χ2n) is 7.08. The first-order valence-corrected chi connectivity index (χ1v) is 8.77. The lowest BCUT2D eigenvalue weighted by Gasteiger charge is -2.17. The van der Waals surface area contributed by atoms with Crippen LogP contribution in [0, 0.1) is 11.3 Å². The number of rotatable bonds is 3. The van der Waals surface area contributed by atoms with Crippen LogP contribution in [0.1, 0.15) is 25.0 Å². The zero-order valence-corrected chi connectivity index (χ0v) is 15.2. The summed E-state index contributed by atoms with van der Waals surface area (Å²) in [4.78, 5) is 4.50. The van der Waals surface area contributed by atoms with Crippen molar-refractivity contribution >= 4 is 11.0 Å². The van der Waals surface area contributed by atoms with Crippen LogP contribution in [0.25, 0.3) is 27.8 Å². The van der Waals surface area contributed by atoms with Crippen molar-refractivity contribution < 1.29 is 5.11 Å². The van der Waals surface area contributed by atoms with Gasteiger partial charge in [-0.2, -0.15) is 5.26 Å². The van der Waals surface area contributed by atoms with Crippen LogP contribution in [-0.2, 0) is 5.60 Å². The van der Waals surface area contributed by atoms with E-state index in [1.165, 1.54) is 0 Å². The average Bonchev–Trinajstić information content (AvgIpc) is 3.10. The summed E-state index contributed by atoms with van der Waals surface area (Å²) in [5, 5.41) is 19.6. The quantitative estimate of drug-likeness (QED) is 0.576. The SMILES string of the molecule is CC(C)(O)c1ccc2c(c1)ncn2-c1cccc(-c2ccccc2C#N)c1. The summed E-state index contributed by atoms with van der Waals surface area (Å²) in [6, 6.07) is 23.7. The molecular formula is C23H19N3O. The van der Waals surface area contributed by atoms with Gasteiger partial charge < -0.3 is 5.11 Å². The highest BCUT2D eigenvalue weighted by Crippen LogP contribution is 2.28. The highest BCUT2D eigenvalue weighted by atomic mass is 16.3. The predicted octanol–water partition coefficient (Wildman–Crippen LogP) is 4.79. The van der Waals surface area contributed by atoms with Crippen molar-refractivity contribution in [3.63, 3.8) is 0 Å². The first kappa shape index (κ1) is 17.0. The Kier molecular flexibility index (Phi) is 4.02. The van der Waals surface area contributed by atoms with E-state index < -0.39 is 5.60 Å². The fourth-order valence-corrected chi connectivity index (χ4v) is 3.25. The fourth-order valence-electron chi connectivity index (χ4n) is 3.25. The maximum absolute atomic E-state index is 10.2. The van der Waals surface area contributed by atoms with Crippen molar-refractivity contribution in [1.29, 1.82) is 5.26 Å². The van der Waals surface area contributed by atoms with Crippen molar-refractivity contribution in [1.82, 2.24) is 9.55 Å². The number of fused-ring (bicyclic) bond motifs is 1. The molecule has 0 fully saturated rings. The second-order valence-corrected chi connectivity index (χ2v) is 7.08. The molecule has 4 aromatic rings. The minimum absolute atomic E-state index is 0.653.